The number of anilines is 1. The van der Waals surface area contributed by atoms with Crippen molar-refractivity contribution in [2.45, 2.75) is 12.6 Å². The average molecular weight is 517 g/mol. The number of methoxy groups -OCH3 is 1. The highest BCUT2D eigenvalue weighted by atomic mass is 19.4. The third-order valence-corrected chi connectivity index (χ3v) is 5.55. The number of rotatable bonds is 7. The van der Waals surface area contributed by atoms with Crippen molar-refractivity contribution in [3.8, 4) is 11.3 Å². The van der Waals surface area contributed by atoms with Gasteiger partial charge in [-0.2, -0.15) is 13.2 Å². The van der Waals surface area contributed by atoms with Gasteiger partial charge in [-0.15, -0.1) is 0 Å². The predicted octanol–water partition coefficient (Wildman–Crippen LogP) is 4.25. The molecule has 0 radical (unpaired) electrons. The van der Waals surface area contributed by atoms with Crippen LogP contribution in [-0.4, -0.2) is 67.0 Å². The summed E-state index contributed by atoms with van der Waals surface area (Å²) in [5.41, 5.74) is 6.80. The van der Waals surface area contributed by atoms with E-state index in [0.717, 1.165) is 52.4 Å². The number of ether oxygens (including phenoxy) is 1. The lowest BCUT2D eigenvalue weighted by Gasteiger charge is -2.21. The molecule has 0 saturated carbocycles. The monoisotopic (exact) mass is 516 g/mol. The summed E-state index contributed by atoms with van der Waals surface area (Å²) in [5.74, 6) is -2.77. The van der Waals surface area contributed by atoms with Gasteiger partial charge in [0.2, 0.25) is 0 Å². The Morgan fingerprint density at radius 2 is 1.95 bits per heavy atom. The number of aliphatic carboxylic acids is 1. The minimum absolute atomic E-state index is 0.0119. The van der Waals surface area contributed by atoms with Crippen molar-refractivity contribution in [3.63, 3.8) is 0 Å². The second-order valence-electron chi connectivity index (χ2n) is 8.16. The number of fused-ring (bicyclic) bond motifs is 1. The molecule has 37 heavy (non-hydrogen) atoms. The standard InChI is InChI=1S/C24H26N4O2.C2HF3O2/c1-28(13-14-30-2)23-6-4-3-5-17(23)7-8-19-15-18(9-11-25-19)22-16-20-21(27-22)10-12-26-24(20)29;3-2(4,5)1(6)7/h3-9,11,15-16,27H,10,12-14H2,1-2H3,(H,26,29);(H,6,7)/b8-7+;. The number of benzene rings is 1. The van der Waals surface area contributed by atoms with Gasteiger partial charge in [0.15, 0.2) is 0 Å². The third kappa shape index (κ3) is 7.43. The molecular formula is C26H27F3N4O4. The molecule has 3 aromatic rings. The van der Waals surface area contributed by atoms with Gasteiger partial charge in [0.05, 0.1) is 17.9 Å². The lowest BCUT2D eigenvalue weighted by atomic mass is 10.1. The minimum Gasteiger partial charge on any atom is -0.475 e. The zero-order valence-electron chi connectivity index (χ0n) is 20.3. The highest BCUT2D eigenvalue weighted by Crippen LogP contribution is 2.25. The number of carbonyl (C=O) groups excluding carboxylic acids is 1. The molecule has 1 aromatic carbocycles. The molecule has 4 rings (SSSR count). The number of halogens is 3. The fourth-order valence-electron chi connectivity index (χ4n) is 3.66. The zero-order chi connectivity index (χ0) is 27.0. The smallest absolute Gasteiger partial charge is 0.475 e. The molecule has 196 valence electrons. The Kier molecular flexibility index (Phi) is 9.07. The van der Waals surface area contributed by atoms with E-state index >= 15 is 0 Å². The first-order valence-corrected chi connectivity index (χ1v) is 11.3. The topological polar surface area (TPSA) is 108 Å². The van der Waals surface area contributed by atoms with Gasteiger partial charge in [-0.3, -0.25) is 9.78 Å². The van der Waals surface area contributed by atoms with Crippen LogP contribution in [0.25, 0.3) is 23.4 Å². The molecule has 2 aromatic heterocycles. The van der Waals surface area contributed by atoms with Gasteiger partial charge in [-0.05, 0) is 35.9 Å². The lowest BCUT2D eigenvalue weighted by Crippen LogP contribution is -2.31. The molecular weight excluding hydrogens is 489 g/mol. The van der Waals surface area contributed by atoms with Gasteiger partial charge in [-0.1, -0.05) is 24.3 Å². The molecule has 0 unspecified atom stereocenters. The summed E-state index contributed by atoms with van der Waals surface area (Å²) in [6.07, 6.45) is 1.64. The van der Waals surface area contributed by atoms with Crippen molar-refractivity contribution in [2.24, 2.45) is 0 Å². The van der Waals surface area contributed by atoms with Crippen LogP contribution in [0, 0.1) is 0 Å². The molecule has 11 heteroatoms. The van der Waals surface area contributed by atoms with E-state index in [9.17, 15) is 18.0 Å². The Bertz CT molecular complexity index is 1270. The molecule has 8 nitrogen and oxygen atoms in total. The van der Waals surface area contributed by atoms with Crippen molar-refractivity contribution >= 4 is 29.7 Å². The van der Waals surface area contributed by atoms with Crippen LogP contribution in [0.2, 0.25) is 0 Å². The number of hydrogen-bond donors (Lipinski definition) is 3. The first kappa shape index (κ1) is 27.5. The number of carbonyl (C=O) groups is 2. The molecule has 1 aliphatic rings. The predicted molar refractivity (Wildman–Crippen MR) is 134 cm³/mol. The number of hydrogen-bond acceptors (Lipinski definition) is 5. The minimum atomic E-state index is -5.08. The van der Waals surface area contributed by atoms with Crippen molar-refractivity contribution in [3.05, 3.63) is 71.2 Å². The van der Waals surface area contributed by atoms with Crippen LogP contribution in [0.15, 0.2) is 48.7 Å². The van der Waals surface area contributed by atoms with Crippen molar-refractivity contribution in [2.75, 3.05) is 38.8 Å². The first-order valence-electron chi connectivity index (χ1n) is 11.3. The SMILES string of the molecule is COCCN(C)c1ccccc1/C=C/c1cc(-c2cc3c([nH]2)CCNC3=O)ccn1.O=C(O)C(F)(F)F. The normalized spacial score (nSPS) is 12.9. The van der Waals surface area contributed by atoms with Crippen molar-refractivity contribution in [1.29, 1.82) is 0 Å². The molecule has 0 fully saturated rings. The zero-order valence-corrected chi connectivity index (χ0v) is 20.3. The number of aromatic nitrogens is 2. The summed E-state index contributed by atoms with van der Waals surface area (Å²) in [5, 5.41) is 10.0. The summed E-state index contributed by atoms with van der Waals surface area (Å²) in [7, 11) is 3.78. The van der Waals surface area contributed by atoms with Crippen LogP contribution in [-0.2, 0) is 16.0 Å². The van der Waals surface area contributed by atoms with Gasteiger partial charge in [0, 0.05) is 62.5 Å². The van der Waals surface area contributed by atoms with Crippen molar-refractivity contribution in [1.82, 2.24) is 15.3 Å². The Labute approximate surface area is 211 Å². The van der Waals surface area contributed by atoms with E-state index < -0.39 is 12.1 Å². The number of aromatic amines is 1. The van der Waals surface area contributed by atoms with Gasteiger partial charge in [0.1, 0.15) is 0 Å². The number of alkyl halides is 3. The van der Waals surface area contributed by atoms with E-state index in [1.165, 1.54) is 0 Å². The number of likely N-dealkylation sites (N-methyl/N-ethyl adjacent to an activating group) is 1. The number of carboxylic acid groups (broad SMARTS) is 1. The van der Waals surface area contributed by atoms with Crippen LogP contribution in [0.3, 0.4) is 0 Å². The van der Waals surface area contributed by atoms with Crippen LogP contribution in [0.5, 0.6) is 0 Å². The molecule has 0 spiro atoms. The van der Waals surface area contributed by atoms with Gasteiger partial charge in [0.25, 0.3) is 5.91 Å². The number of pyridine rings is 1. The number of nitrogens with one attached hydrogen (secondary N) is 2. The molecule has 0 saturated heterocycles. The number of amides is 1. The van der Waals surface area contributed by atoms with Crippen LogP contribution >= 0.6 is 0 Å². The maximum atomic E-state index is 12.0. The highest BCUT2D eigenvalue weighted by molar-refractivity contribution is 5.97. The third-order valence-electron chi connectivity index (χ3n) is 5.55. The highest BCUT2D eigenvalue weighted by Gasteiger charge is 2.38. The molecule has 0 bridgehead atoms. The summed E-state index contributed by atoms with van der Waals surface area (Å²) in [6.45, 7) is 2.17. The summed E-state index contributed by atoms with van der Waals surface area (Å²) in [6, 6.07) is 14.2. The molecule has 1 aliphatic heterocycles. The average Bonchev–Trinajstić information content (AvgIpc) is 3.32. The second-order valence-corrected chi connectivity index (χ2v) is 8.16. The number of carboxylic acids is 1. The number of H-pyrrole nitrogens is 1. The van der Waals surface area contributed by atoms with E-state index in [1.807, 2.05) is 36.4 Å². The molecule has 0 aliphatic carbocycles. The molecule has 1 amide bonds. The Morgan fingerprint density at radius 3 is 2.62 bits per heavy atom. The van der Waals surface area contributed by atoms with E-state index in [1.54, 1.807) is 13.3 Å². The van der Waals surface area contributed by atoms with Crippen LogP contribution in [0.4, 0.5) is 18.9 Å². The quantitative estimate of drug-likeness (QED) is 0.434. The second kappa shape index (κ2) is 12.2. The fourth-order valence-corrected chi connectivity index (χ4v) is 3.66. The maximum Gasteiger partial charge on any atom is 0.490 e. The van der Waals surface area contributed by atoms with E-state index in [4.69, 9.17) is 14.6 Å². The molecule has 3 heterocycles. The first-order chi connectivity index (χ1) is 17.6. The lowest BCUT2D eigenvalue weighted by molar-refractivity contribution is -0.192. The van der Waals surface area contributed by atoms with Crippen molar-refractivity contribution < 1.29 is 32.6 Å². The van der Waals surface area contributed by atoms with Gasteiger partial charge < -0.3 is 25.0 Å². The Morgan fingerprint density at radius 1 is 1.22 bits per heavy atom. The Hall–Kier alpha value is -4.12. The maximum absolute atomic E-state index is 12.0. The van der Waals surface area contributed by atoms with E-state index in [2.05, 4.69) is 45.4 Å². The number of para-hydroxylation sites is 1. The van der Waals surface area contributed by atoms with Gasteiger partial charge in [-0.25, -0.2) is 4.79 Å². The van der Waals surface area contributed by atoms with Crippen LogP contribution < -0.4 is 10.2 Å². The van der Waals surface area contributed by atoms with E-state index in [0.29, 0.717) is 13.2 Å². The summed E-state index contributed by atoms with van der Waals surface area (Å²) in [4.78, 5) is 31.0. The number of nitrogens with zero attached hydrogens (tertiary/aromatic N) is 2. The van der Waals surface area contributed by atoms with E-state index in [-0.39, 0.29) is 5.91 Å². The molecule has 0 atom stereocenters. The van der Waals surface area contributed by atoms with Gasteiger partial charge >= 0.3 is 12.1 Å². The van der Waals surface area contributed by atoms with Crippen LogP contribution in [0.1, 0.15) is 27.3 Å². The summed E-state index contributed by atoms with van der Waals surface area (Å²) >= 11 is 0. The summed E-state index contributed by atoms with van der Waals surface area (Å²) < 4.78 is 36.9. The fraction of sp³-hybridized carbons (Fsp3) is 0.269. The largest absolute Gasteiger partial charge is 0.490 e. The Balaban J connectivity index is 0.000000479. The molecule has 3 N–H and O–H groups in total.